The molecule has 0 fully saturated rings. The van der Waals surface area contributed by atoms with E-state index in [-0.39, 0.29) is 17.4 Å². The number of hydrogen-bond acceptors (Lipinski definition) is 8. The molecule has 0 unspecified atom stereocenters. The second kappa shape index (κ2) is 10.2. The molecular formula is C20H25N7O4S2. The van der Waals surface area contributed by atoms with Crippen LogP contribution in [0.15, 0.2) is 59.6 Å². The predicted octanol–water partition coefficient (Wildman–Crippen LogP) is 1.86. The van der Waals surface area contributed by atoms with Gasteiger partial charge in [-0.15, -0.1) is 0 Å². The van der Waals surface area contributed by atoms with Gasteiger partial charge in [0.1, 0.15) is 5.82 Å². The fourth-order valence-electron chi connectivity index (χ4n) is 2.82. The normalized spacial score (nSPS) is 11.8. The molecule has 0 aliphatic rings. The second-order valence-corrected chi connectivity index (χ2v) is 10.2. The number of nitrogens with zero attached hydrogens (tertiary/aromatic N) is 2. The highest BCUT2D eigenvalue weighted by Gasteiger charge is 2.11. The van der Waals surface area contributed by atoms with Crippen molar-refractivity contribution in [2.75, 3.05) is 17.2 Å². The summed E-state index contributed by atoms with van der Waals surface area (Å²) in [6.45, 7) is 3.96. The van der Waals surface area contributed by atoms with E-state index < -0.39 is 20.2 Å². The average molecular weight is 492 g/mol. The zero-order valence-corrected chi connectivity index (χ0v) is 19.7. The highest BCUT2D eigenvalue weighted by Crippen LogP contribution is 2.22. The lowest BCUT2D eigenvalue weighted by atomic mass is 10.2. The minimum atomic E-state index is -3.83. The first-order valence-electron chi connectivity index (χ1n) is 9.89. The smallest absolute Gasteiger partial charge is 0.277 e. The number of rotatable bonds is 10. The largest absolute Gasteiger partial charge is 0.340 e. The van der Waals surface area contributed by atoms with E-state index >= 15 is 0 Å². The summed E-state index contributed by atoms with van der Waals surface area (Å²) in [4.78, 5) is 8.66. The quantitative estimate of drug-likeness (QED) is 0.286. The van der Waals surface area contributed by atoms with Crippen molar-refractivity contribution in [2.45, 2.75) is 25.3 Å². The first-order valence-corrected chi connectivity index (χ1v) is 12.9. The third-order valence-corrected chi connectivity index (χ3v) is 6.48. The minimum absolute atomic E-state index is 0.0282. The van der Waals surface area contributed by atoms with Gasteiger partial charge in [-0.05, 0) is 42.8 Å². The number of nitrogens with one attached hydrogen (secondary N) is 4. The van der Waals surface area contributed by atoms with Crippen LogP contribution in [-0.4, -0.2) is 33.3 Å². The molecule has 6 N–H and O–H groups in total. The molecule has 0 aliphatic carbocycles. The molecule has 0 atom stereocenters. The van der Waals surface area contributed by atoms with Crippen molar-refractivity contribution in [1.82, 2.24) is 19.4 Å². The van der Waals surface area contributed by atoms with Crippen LogP contribution in [0, 0.1) is 6.92 Å². The van der Waals surface area contributed by atoms with Crippen LogP contribution >= 0.6 is 0 Å². The Morgan fingerprint density at radius 2 is 1.64 bits per heavy atom. The van der Waals surface area contributed by atoms with Crippen LogP contribution in [0.2, 0.25) is 0 Å². The topological polar surface area (TPSA) is 168 Å². The number of sulfonamides is 1. The molecule has 1 heterocycles. The molecular weight excluding hydrogens is 466 g/mol. The number of benzene rings is 2. The first-order chi connectivity index (χ1) is 15.6. The van der Waals surface area contributed by atoms with Crippen molar-refractivity contribution in [2.24, 2.45) is 5.14 Å². The number of primary sulfonamides is 1. The van der Waals surface area contributed by atoms with Gasteiger partial charge in [-0.1, -0.05) is 25.1 Å². The highest BCUT2D eigenvalue weighted by molar-refractivity contribution is 7.89. The number of nitrogens with two attached hydrogens (primary N) is 1. The lowest BCUT2D eigenvalue weighted by Gasteiger charge is -2.13. The van der Waals surface area contributed by atoms with Crippen LogP contribution in [0.4, 0.5) is 23.1 Å². The van der Waals surface area contributed by atoms with Gasteiger partial charge < -0.3 is 10.6 Å². The van der Waals surface area contributed by atoms with Crippen molar-refractivity contribution in [3.05, 3.63) is 65.9 Å². The summed E-state index contributed by atoms with van der Waals surface area (Å²) < 4.78 is 51.6. The molecule has 3 aromatic rings. The summed E-state index contributed by atoms with van der Waals surface area (Å²) >= 11 is 0. The molecule has 2 aromatic carbocycles. The Morgan fingerprint density at radius 3 is 2.33 bits per heavy atom. The van der Waals surface area contributed by atoms with Gasteiger partial charge in [0.25, 0.3) is 10.2 Å². The Balaban J connectivity index is 1.76. The van der Waals surface area contributed by atoms with Gasteiger partial charge >= 0.3 is 0 Å². The molecule has 176 valence electrons. The lowest BCUT2D eigenvalue weighted by Crippen LogP contribution is -2.35. The van der Waals surface area contributed by atoms with Crippen LogP contribution in [-0.2, 0) is 26.8 Å². The van der Waals surface area contributed by atoms with E-state index in [2.05, 4.69) is 30.0 Å². The Labute approximate surface area is 193 Å². The van der Waals surface area contributed by atoms with Crippen molar-refractivity contribution in [1.29, 1.82) is 0 Å². The van der Waals surface area contributed by atoms with Gasteiger partial charge in [0.2, 0.25) is 16.0 Å². The van der Waals surface area contributed by atoms with Crippen LogP contribution in [0.3, 0.4) is 0 Å². The van der Waals surface area contributed by atoms with Gasteiger partial charge in [-0.2, -0.15) is 18.1 Å². The minimum Gasteiger partial charge on any atom is -0.340 e. The average Bonchev–Trinajstić information content (AvgIpc) is 2.75. The third kappa shape index (κ3) is 7.20. The Hall–Kier alpha value is -3.10. The first kappa shape index (κ1) is 24.5. The van der Waals surface area contributed by atoms with Crippen molar-refractivity contribution < 1.29 is 16.8 Å². The van der Waals surface area contributed by atoms with E-state index in [0.717, 1.165) is 11.1 Å². The predicted molar refractivity (Wildman–Crippen MR) is 127 cm³/mol. The standard InChI is InChI=1S/C20H25N7O4S2/c1-3-23-33(30,31)24-13-15-6-4-7-16(10-15)25-19-14(2)12-22-20(27-19)26-17-8-5-9-18(11-17)32(21,28)29/h4-12,23-24H,3,13H2,1-2H3,(H2,21,28,29)(H2,22,25,26,27). The van der Waals surface area contributed by atoms with Crippen molar-refractivity contribution in [3.8, 4) is 0 Å². The summed E-state index contributed by atoms with van der Waals surface area (Å²) in [6.07, 6.45) is 1.62. The summed E-state index contributed by atoms with van der Waals surface area (Å²) in [5.41, 5.74) is 2.70. The number of aromatic nitrogens is 2. The fraction of sp³-hybridized carbons (Fsp3) is 0.200. The van der Waals surface area contributed by atoms with Crippen LogP contribution in [0.5, 0.6) is 0 Å². The summed E-state index contributed by atoms with van der Waals surface area (Å²) in [6, 6.07) is 13.3. The van der Waals surface area contributed by atoms with E-state index in [0.29, 0.717) is 23.7 Å². The van der Waals surface area contributed by atoms with Gasteiger partial charge in [0, 0.05) is 36.2 Å². The summed E-state index contributed by atoms with van der Waals surface area (Å²) in [5.74, 6) is 0.782. The zero-order valence-electron chi connectivity index (χ0n) is 18.0. The molecule has 0 bridgehead atoms. The lowest BCUT2D eigenvalue weighted by molar-refractivity contribution is 0.568. The van der Waals surface area contributed by atoms with E-state index in [1.807, 2.05) is 13.0 Å². The molecule has 13 heteroatoms. The summed E-state index contributed by atoms with van der Waals surface area (Å²) in [5, 5.41) is 11.3. The Morgan fingerprint density at radius 1 is 0.939 bits per heavy atom. The number of anilines is 4. The van der Waals surface area contributed by atoms with Crippen LogP contribution in [0.1, 0.15) is 18.1 Å². The van der Waals surface area contributed by atoms with E-state index in [1.165, 1.54) is 12.1 Å². The van der Waals surface area contributed by atoms with Gasteiger partial charge in [0.15, 0.2) is 0 Å². The Kier molecular flexibility index (Phi) is 7.61. The molecule has 0 aliphatic heterocycles. The van der Waals surface area contributed by atoms with Crippen molar-refractivity contribution in [3.63, 3.8) is 0 Å². The Bertz CT molecular complexity index is 1350. The van der Waals surface area contributed by atoms with Crippen LogP contribution < -0.4 is 25.2 Å². The summed E-state index contributed by atoms with van der Waals surface area (Å²) in [7, 11) is -7.39. The van der Waals surface area contributed by atoms with E-state index in [1.54, 1.807) is 43.5 Å². The van der Waals surface area contributed by atoms with Gasteiger partial charge in [0.05, 0.1) is 4.90 Å². The maximum Gasteiger partial charge on any atom is 0.277 e. The highest BCUT2D eigenvalue weighted by atomic mass is 32.2. The van der Waals surface area contributed by atoms with Gasteiger partial charge in [-0.25, -0.2) is 23.3 Å². The maximum absolute atomic E-state index is 11.8. The zero-order chi connectivity index (χ0) is 24.1. The SMILES string of the molecule is CCNS(=O)(=O)NCc1cccc(Nc2nc(Nc3cccc(S(N)(=O)=O)c3)ncc2C)c1. The maximum atomic E-state index is 11.8. The molecule has 0 saturated heterocycles. The molecule has 0 radical (unpaired) electrons. The van der Waals surface area contributed by atoms with E-state index in [4.69, 9.17) is 5.14 Å². The molecule has 3 rings (SSSR count). The number of hydrogen-bond donors (Lipinski definition) is 5. The number of aryl methyl sites for hydroxylation is 1. The third-order valence-electron chi connectivity index (χ3n) is 4.38. The molecule has 1 aromatic heterocycles. The second-order valence-electron chi connectivity index (χ2n) is 7.07. The van der Waals surface area contributed by atoms with E-state index in [9.17, 15) is 16.8 Å². The van der Waals surface area contributed by atoms with Gasteiger partial charge in [-0.3, -0.25) is 0 Å². The molecule has 33 heavy (non-hydrogen) atoms. The fourth-order valence-corrected chi connectivity index (χ4v) is 4.22. The molecule has 0 amide bonds. The molecule has 0 saturated carbocycles. The molecule has 11 nitrogen and oxygen atoms in total. The molecule has 0 spiro atoms. The monoisotopic (exact) mass is 491 g/mol. The van der Waals surface area contributed by atoms with Crippen molar-refractivity contribution >= 4 is 43.4 Å². The van der Waals surface area contributed by atoms with Crippen LogP contribution in [0.25, 0.3) is 0 Å².